The molecule has 0 aliphatic rings. The van der Waals surface area contributed by atoms with Crippen molar-refractivity contribution >= 4 is 5.97 Å². The Balaban J connectivity index is 3.58. The van der Waals surface area contributed by atoms with Crippen molar-refractivity contribution < 1.29 is 32.5 Å². The Hall–Kier alpha value is -1.76. The van der Waals surface area contributed by atoms with Crippen LogP contribution >= 0.6 is 0 Å². The van der Waals surface area contributed by atoms with Gasteiger partial charge in [0, 0.05) is 12.7 Å². The van der Waals surface area contributed by atoms with Crippen molar-refractivity contribution in [1.29, 1.82) is 0 Å². The number of carboxylic acids is 1. The van der Waals surface area contributed by atoms with Gasteiger partial charge in [0.25, 0.3) is 5.60 Å². The highest BCUT2D eigenvalue weighted by molar-refractivity contribution is 5.81. The molecule has 0 saturated heterocycles. The van der Waals surface area contributed by atoms with Crippen molar-refractivity contribution in [3.05, 3.63) is 29.8 Å². The van der Waals surface area contributed by atoms with Crippen LogP contribution in [-0.2, 0) is 15.1 Å². The molecule has 1 aromatic rings. The van der Waals surface area contributed by atoms with Crippen LogP contribution in [0.4, 0.5) is 13.2 Å². The minimum Gasteiger partial charge on any atom is -0.496 e. The van der Waals surface area contributed by atoms with E-state index in [1.807, 2.05) is 0 Å². The van der Waals surface area contributed by atoms with Crippen LogP contribution in [0.5, 0.6) is 5.75 Å². The van der Waals surface area contributed by atoms with E-state index in [2.05, 4.69) is 4.74 Å². The maximum atomic E-state index is 13.1. The molecule has 0 saturated carbocycles. The number of benzene rings is 1. The number of rotatable bonds is 4. The molecule has 0 aromatic heterocycles. The zero-order chi connectivity index (χ0) is 14.0. The fraction of sp³-hybridized carbons (Fsp3) is 0.364. The van der Waals surface area contributed by atoms with Crippen molar-refractivity contribution in [3.63, 3.8) is 0 Å². The first kappa shape index (κ1) is 14.3. The summed E-state index contributed by atoms with van der Waals surface area (Å²) < 4.78 is 48.2. The van der Waals surface area contributed by atoms with Crippen molar-refractivity contribution in [1.82, 2.24) is 0 Å². The molecule has 0 aliphatic carbocycles. The molecule has 1 unspecified atom stereocenters. The number of carbonyl (C=O) groups is 1. The second-order valence-corrected chi connectivity index (χ2v) is 3.39. The highest BCUT2D eigenvalue weighted by Crippen LogP contribution is 2.45. The van der Waals surface area contributed by atoms with Crippen molar-refractivity contribution in [2.24, 2.45) is 0 Å². The number of hydrogen-bond acceptors (Lipinski definition) is 3. The first-order valence-electron chi connectivity index (χ1n) is 4.80. The third kappa shape index (κ3) is 2.01. The van der Waals surface area contributed by atoms with E-state index in [1.165, 1.54) is 18.2 Å². The number of aliphatic carboxylic acids is 1. The van der Waals surface area contributed by atoms with Gasteiger partial charge in [0.05, 0.1) is 7.11 Å². The second-order valence-electron chi connectivity index (χ2n) is 3.39. The van der Waals surface area contributed by atoms with Crippen molar-refractivity contribution in [2.45, 2.75) is 11.8 Å². The van der Waals surface area contributed by atoms with Crippen LogP contribution in [0.15, 0.2) is 24.3 Å². The van der Waals surface area contributed by atoms with E-state index >= 15 is 0 Å². The van der Waals surface area contributed by atoms with Gasteiger partial charge in [-0.2, -0.15) is 13.2 Å². The van der Waals surface area contributed by atoms with Crippen LogP contribution in [0.2, 0.25) is 0 Å². The lowest BCUT2D eigenvalue weighted by atomic mass is 9.92. The Bertz CT molecular complexity index is 444. The fourth-order valence-electron chi connectivity index (χ4n) is 1.64. The molecule has 4 nitrogen and oxygen atoms in total. The summed E-state index contributed by atoms with van der Waals surface area (Å²) >= 11 is 0. The third-order valence-corrected chi connectivity index (χ3v) is 2.49. The summed E-state index contributed by atoms with van der Waals surface area (Å²) in [6.07, 6.45) is -5.12. The number of carboxylic acid groups (broad SMARTS) is 1. The summed E-state index contributed by atoms with van der Waals surface area (Å²) in [6.45, 7) is 0. The molecule has 0 bridgehead atoms. The minimum absolute atomic E-state index is 0.209. The molecular weight excluding hydrogens is 253 g/mol. The monoisotopic (exact) mass is 264 g/mol. The predicted octanol–water partition coefficient (Wildman–Crippen LogP) is 2.18. The first-order chi connectivity index (χ1) is 8.31. The van der Waals surface area contributed by atoms with E-state index < -0.39 is 23.3 Å². The number of hydrogen-bond donors (Lipinski definition) is 1. The zero-order valence-electron chi connectivity index (χ0n) is 9.62. The number of methoxy groups -OCH3 is 2. The largest absolute Gasteiger partial charge is 0.496 e. The van der Waals surface area contributed by atoms with Gasteiger partial charge in [0.1, 0.15) is 5.75 Å². The van der Waals surface area contributed by atoms with Crippen LogP contribution in [0, 0.1) is 0 Å². The van der Waals surface area contributed by atoms with E-state index in [0.717, 1.165) is 13.2 Å². The maximum Gasteiger partial charge on any atom is 0.432 e. The smallest absolute Gasteiger partial charge is 0.432 e. The molecule has 0 spiro atoms. The average Bonchev–Trinajstić information content (AvgIpc) is 2.29. The molecule has 7 heteroatoms. The normalized spacial score (nSPS) is 14.9. The standard InChI is InChI=1S/C11H11F3O4/c1-17-8-6-4-3-5-7(8)10(18-2,9(15)16)11(12,13)14/h3-6H,1-2H3,(H,15,16). The molecule has 0 amide bonds. The SMILES string of the molecule is COc1ccccc1C(OC)(C(=O)O)C(F)(F)F. The topological polar surface area (TPSA) is 55.8 Å². The molecule has 1 rings (SSSR count). The summed E-state index contributed by atoms with van der Waals surface area (Å²) in [5, 5.41) is 8.93. The Morgan fingerprint density at radius 3 is 2.17 bits per heavy atom. The Labute approximate surface area is 101 Å². The Morgan fingerprint density at radius 1 is 1.22 bits per heavy atom. The highest BCUT2D eigenvalue weighted by Gasteiger charge is 2.64. The molecule has 1 atom stereocenters. The van der Waals surface area contributed by atoms with Crippen LogP contribution in [0.1, 0.15) is 5.56 Å². The first-order valence-corrected chi connectivity index (χ1v) is 4.80. The summed E-state index contributed by atoms with van der Waals surface area (Å²) in [6, 6.07) is 4.95. The van der Waals surface area contributed by atoms with E-state index in [1.54, 1.807) is 0 Å². The molecule has 0 heterocycles. The lowest BCUT2D eigenvalue weighted by Crippen LogP contribution is -2.51. The number of halogens is 3. The maximum absolute atomic E-state index is 13.1. The number of para-hydroxylation sites is 1. The molecular formula is C11H11F3O4. The minimum atomic E-state index is -5.12. The average molecular weight is 264 g/mol. The summed E-state index contributed by atoms with van der Waals surface area (Å²) in [7, 11) is 1.84. The molecule has 100 valence electrons. The molecule has 0 fully saturated rings. The van der Waals surface area contributed by atoms with Crippen LogP contribution in [-0.4, -0.2) is 31.5 Å². The van der Waals surface area contributed by atoms with E-state index in [-0.39, 0.29) is 5.75 Å². The summed E-state index contributed by atoms with van der Waals surface area (Å²) in [5.41, 5.74) is -4.05. The predicted molar refractivity (Wildman–Crippen MR) is 55.4 cm³/mol. The highest BCUT2D eigenvalue weighted by atomic mass is 19.4. The van der Waals surface area contributed by atoms with Gasteiger partial charge in [0.15, 0.2) is 0 Å². The molecule has 1 aromatic carbocycles. The van der Waals surface area contributed by atoms with E-state index in [0.29, 0.717) is 7.11 Å². The van der Waals surface area contributed by atoms with Gasteiger partial charge < -0.3 is 14.6 Å². The number of ether oxygens (including phenoxy) is 2. The van der Waals surface area contributed by atoms with Gasteiger partial charge >= 0.3 is 12.1 Å². The summed E-state index contributed by atoms with van der Waals surface area (Å²) in [4.78, 5) is 11.1. The van der Waals surface area contributed by atoms with Gasteiger partial charge in [-0.25, -0.2) is 4.79 Å². The lowest BCUT2D eigenvalue weighted by Gasteiger charge is -2.31. The second kappa shape index (κ2) is 4.85. The van der Waals surface area contributed by atoms with Gasteiger partial charge in [-0.15, -0.1) is 0 Å². The van der Waals surface area contributed by atoms with Crippen molar-refractivity contribution in [3.8, 4) is 5.75 Å². The molecule has 18 heavy (non-hydrogen) atoms. The zero-order valence-corrected chi connectivity index (χ0v) is 9.62. The van der Waals surface area contributed by atoms with Gasteiger partial charge in [-0.1, -0.05) is 18.2 Å². The summed E-state index contributed by atoms with van der Waals surface area (Å²) in [5.74, 6) is -2.36. The van der Waals surface area contributed by atoms with Gasteiger partial charge in [0.2, 0.25) is 0 Å². The number of alkyl halides is 3. The third-order valence-electron chi connectivity index (χ3n) is 2.49. The van der Waals surface area contributed by atoms with Crippen LogP contribution in [0.3, 0.4) is 0 Å². The van der Waals surface area contributed by atoms with Gasteiger partial charge in [-0.3, -0.25) is 0 Å². The van der Waals surface area contributed by atoms with Crippen LogP contribution in [0.25, 0.3) is 0 Å². The van der Waals surface area contributed by atoms with E-state index in [9.17, 15) is 18.0 Å². The molecule has 1 N–H and O–H groups in total. The van der Waals surface area contributed by atoms with Crippen molar-refractivity contribution in [2.75, 3.05) is 14.2 Å². The van der Waals surface area contributed by atoms with Gasteiger partial charge in [-0.05, 0) is 6.07 Å². The van der Waals surface area contributed by atoms with Crippen LogP contribution < -0.4 is 4.74 Å². The molecule has 0 aliphatic heterocycles. The lowest BCUT2D eigenvalue weighted by molar-refractivity contribution is -0.274. The fourth-order valence-corrected chi connectivity index (χ4v) is 1.64. The molecule has 0 radical (unpaired) electrons. The van der Waals surface area contributed by atoms with E-state index in [4.69, 9.17) is 9.84 Å². The Morgan fingerprint density at radius 2 is 1.78 bits per heavy atom. The quantitative estimate of drug-likeness (QED) is 0.905. The Kier molecular flexibility index (Phi) is 3.85.